The summed E-state index contributed by atoms with van der Waals surface area (Å²) >= 11 is 6.47. The lowest BCUT2D eigenvalue weighted by molar-refractivity contribution is 0.560. The monoisotopic (exact) mass is 294 g/mol. The van der Waals surface area contributed by atoms with Crippen molar-refractivity contribution in [3.8, 4) is 0 Å². The Kier molecular flexibility index (Phi) is 4.86. The molecule has 0 aliphatic heterocycles. The van der Waals surface area contributed by atoms with Crippen LogP contribution in [0, 0.1) is 0 Å². The molecular formula is C15H23ClN4. The highest BCUT2D eigenvalue weighted by Crippen LogP contribution is 2.23. The van der Waals surface area contributed by atoms with Crippen molar-refractivity contribution in [2.24, 2.45) is 0 Å². The van der Waals surface area contributed by atoms with Gasteiger partial charge in [0.05, 0.1) is 28.6 Å². The smallest absolute Gasteiger partial charge is 0.0869 e. The van der Waals surface area contributed by atoms with E-state index in [0.717, 1.165) is 47.9 Å². The van der Waals surface area contributed by atoms with Gasteiger partial charge in [-0.3, -0.25) is 9.36 Å². The van der Waals surface area contributed by atoms with Crippen LogP contribution in [0.1, 0.15) is 50.5 Å². The number of aromatic nitrogens is 4. The van der Waals surface area contributed by atoms with Gasteiger partial charge in [0.2, 0.25) is 0 Å². The molecule has 20 heavy (non-hydrogen) atoms. The highest BCUT2D eigenvalue weighted by molar-refractivity contribution is 6.31. The molecule has 2 rings (SSSR count). The van der Waals surface area contributed by atoms with Gasteiger partial charge < -0.3 is 0 Å². The third-order valence-electron chi connectivity index (χ3n) is 3.63. The standard InChI is InChI=1S/C15H23ClN4/c1-5-11-9-12(6-2)20(17-11)10-14-15(16)13(7-3)18-19(14)8-4/h9H,5-8,10H2,1-4H3. The molecule has 0 bridgehead atoms. The summed E-state index contributed by atoms with van der Waals surface area (Å²) in [5.74, 6) is 0. The molecule has 2 aromatic rings. The zero-order valence-corrected chi connectivity index (χ0v) is 13.5. The molecule has 0 aliphatic carbocycles. The molecule has 0 N–H and O–H groups in total. The fourth-order valence-corrected chi connectivity index (χ4v) is 2.75. The first-order valence-corrected chi connectivity index (χ1v) is 7.81. The summed E-state index contributed by atoms with van der Waals surface area (Å²) < 4.78 is 4.06. The maximum atomic E-state index is 6.47. The second kappa shape index (κ2) is 6.44. The van der Waals surface area contributed by atoms with Crippen molar-refractivity contribution in [2.45, 2.75) is 60.0 Å². The van der Waals surface area contributed by atoms with E-state index in [1.54, 1.807) is 0 Å². The fraction of sp³-hybridized carbons (Fsp3) is 0.600. The Labute approximate surface area is 125 Å². The summed E-state index contributed by atoms with van der Waals surface area (Å²) in [5.41, 5.74) is 4.42. The maximum absolute atomic E-state index is 6.47. The SMILES string of the molecule is CCc1cc(CC)n(Cc2c(Cl)c(CC)nn2CC)n1. The van der Waals surface area contributed by atoms with Gasteiger partial charge >= 0.3 is 0 Å². The van der Waals surface area contributed by atoms with Crippen molar-refractivity contribution in [3.05, 3.63) is 33.9 Å². The van der Waals surface area contributed by atoms with Crippen LogP contribution in [0.2, 0.25) is 5.02 Å². The summed E-state index contributed by atoms with van der Waals surface area (Å²) in [4.78, 5) is 0. The molecular weight excluding hydrogens is 272 g/mol. The Bertz CT molecular complexity index is 583. The average molecular weight is 295 g/mol. The summed E-state index contributed by atoms with van der Waals surface area (Å²) in [6.07, 6.45) is 2.80. The van der Waals surface area contributed by atoms with Crippen molar-refractivity contribution in [1.82, 2.24) is 19.6 Å². The highest BCUT2D eigenvalue weighted by atomic mass is 35.5. The lowest BCUT2D eigenvalue weighted by atomic mass is 10.2. The fourth-order valence-electron chi connectivity index (χ4n) is 2.42. The van der Waals surface area contributed by atoms with E-state index in [1.165, 1.54) is 5.69 Å². The van der Waals surface area contributed by atoms with Gasteiger partial charge in [-0.25, -0.2) is 0 Å². The topological polar surface area (TPSA) is 35.6 Å². The molecule has 2 aromatic heterocycles. The van der Waals surface area contributed by atoms with Crippen LogP contribution in [0.5, 0.6) is 0 Å². The van der Waals surface area contributed by atoms with E-state index in [9.17, 15) is 0 Å². The summed E-state index contributed by atoms with van der Waals surface area (Å²) in [6.45, 7) is 9.99. The molecule has 0 saturated carbocycles. The quantitative estimate of drug-likeness (QED) is 0.817. The van der Waals surface area contributed by atoms with Gasteiger partial charge in [0.15, 0.2) is 0 Å². The molecule has 4 nitrogen and oxygen atoms in total. The molecule has 2 heterocycles. The summed E-state index contributed by atoms with van der Waals surface area (Å²) in [5, 5.41) is 10.0. The lowest BCUT2D eigenvalue weighted by Gasteiger charge is -2.08. The Morgan fingerprint density at radius 1 is 1.00 bits per heavy atom. The van der Waals surface area contributed by atoms with E-state index >= 15 is 0 Å². The number of rotatable bonds is 6. The van der Waals surface area contributed by atoms with Crippen molar-refractivity contribution in [1.29, 1.82) is 0 Å². The van der Waals surface area contributed by atoms with Crippen molar-refractivity contribution in [3.63, 3.8) is 0 Å². The van der Waals surface area contributed by atoms with E-state index in [4.69, 9.17) is 11.6 Å². The number of nitrogens with zero attached hydrogens (tertiary/aromatic N) is 4. The van der Waals surface area contributed by atoms with Crippen LogP contribution in [-0.4, -0.2) is 19.6 Å². The third-order valence-corrected chi connectivity index (χ3v) is 4.07. The molecule has 0 amide bonds. The van der Waals surface area contributed by atoms with Gasteiger partial charge in [-0.2, -0.15) is 10.2 Å². The van der Waals surface area contributed by atoms with Gasteiger partial charge in [0, 0.05) is 12.2 Å². The van der Waals surface area contributed by atoms with E-state index in [0.29, 0.717) is 6.54 Å². The number of aryl methyl sites for hydroxylation is 4. The Morgan fingerprint density at radius 3 is 2.30 bits per heavy atom. The van der Waals surface area contributed by atoms with Gasteiger partial charge in [0.25, 0.3) is 0 Å². The van der Waals surface area contributed by atoms with E-state index in [2.05, 4.69) is 48.6 Å². The molecule has 0 atom stereocenters. The van der Waals surface area contributed by atoms with E-state index in [-0.39, 0.29) is 0 Å². The zero-order valence-electron chi connectivity index (χ0n) is 12.8. The molecule has 0 aliphatic rings. The Morgan fingerprint density at radius 2 is 1.75 bits per heavy atom. The highest BCUT2D eigenvalue weighted by Gasteiger charge is 2.16. The minimum Gasteiger partial charge on any atom is -0.266 e. The first-order chi connectivity index (χ1) is 9.64. The summed E-state index contributed by atoms with van der Waals surface area (Å²) in [7, 11) is 0. The molecule has 0 saturated heterocycles. The van der Waals surface area contributed by atoms with Crippen molar-refractivity contribution >= 4 is 11.6 Å². The average Bonchev–Trinajstić information content (AvgIpc) is 3.01. The lowest BCUT2D eigenvalue weighted by Crippen LogP contribution is -2.11. The largest absolute Gasteiger partial charge is 0.266 e. The minimum atomic E-state index is 0.697. The molecule has 0 aromatic carbocycles. The molecule has 0 spiro atoms. The van der Waals surface area contributed by atoms with Gasteiger partial charge in [-0.15, -0.1) is 0 Å². The number of hydrogen-bond acceptors (Lipinski definition) is 2. The van der Waals surface area contributed by atoms with Crippen LogP contribution >= 0.6 is 11.6 Å². The molecule has 110 valence electrons. The Balaban J connectivity index is 2.38. The Hall–Kier alpha value is -1.29. The predicted octanol–water partition coefficient (Wildman–Crippen LogP) is 3.49. The van der Waals surface area contributed by atoms with Crippen LogP contribution in [0.4, 0.5) is 0 Å². The van der Waals surface area contributed by atoms with Gasteiger partial charge in [-0.05, 0) is 32.3 Å². The third kappa shape index (κ3) is 2.75. The molecule has 0 radical (unpaired) electrons. The first kappa shape index (κ1) is 15.1. The van der Waals surface area contributed by atoms with Crippen LogP contribution in [0.25, 0.3) is 0 Å². The molecule has 0 unspecified atom stereocenters. The molecule has 0 fully saturated rings. The second-order valence-electron chi connectivity index (χ2n) is 4.87. The maximum Gasteiger partial charge on any atom is 0.0869 e. The number of halogens is 1. The van der Waals surface area contributed by atoms with Crippen molar-refractivity contribution in [2.75, 3.05) is 0 Å². The molecule has 5 heteroatoms. The summed E-state index contributed by atoms with van der Waals surface area (Å²) in [6, 6.07) is 2.18. The zero-order chi connectivity index (χ0) is 14.7. The van der Waals surface area contributed by atoms with Crippen LogP contribution in [0.3, 0.4) is 0 Å². The van der Waals surface area contributed by atoms with Gasteiger partial charge in [0.1, 0.15) is 0 Å². The van der Waals surface area contributed by atoms with Crippen LogP contribution in [-0.2, 0) is 32.4 Å². The number of hydrogen-bond donors (Lipinski definition) is 0. The van der Waals surface area contributed by atoms with Gasteiger partial charge in [-0.1, -0.05) is 32.4 Å². The minimum absolute atomic E-state index is 0.697. The predicted molar refractivity (Wildman–Crippen MR) is 82.4 cm³/mol. The van der Waals surface area contributed by atoms with E-state index in [1.807, 2.05) is 4.68 Å². The first-order valence-electron chi connectivity index (χ1n) is 7.44. The van der Waals surface area contributed by atoms with Crippen LogP contribution < -0.4 is 0 Å². The normalized spacial score (nSPS) is 11.2. The second-order valence-corrected chi connectivity index (χ2v) is 5.25. The van der Waals surface area contributed by atoms with Crippen molar-refractivity contribution < 1.29 is 0 Å². The van der Waals surface area contributed by atoms with Crippen LogP contribution in [0.15, 0.2) is 6.07 Å². The van der Waals surface area contributed by atoms with E-state index < -0.39 is 0 Å².